The number of hydrogen-bond acceptors (Lipinski definition) is 3. The fourth-order valence-electron chi connectivity index (χ4n) is 1.90. The van der Waals surface area contributed by atoms with Crippen LogP contribution in [0.3, 0.4) is 0 Å². The van der Waals surface area contributed by atoms with Gasteiger partial charge in [-0.2, -0.15) is 5.10 Å². The van der Waals surface area contributed by atoms with E-state index in [1.165, 1.54) is 0 Å². The first-order valence-electron chi connectivity index (χ1n) is 6.62. The molecule has 0 bridgehead atoms. The van der Waals surface area contributed by atoms with Gasteiger partial charge >= 0.3 is 0 Å². The Morgan fingerprint density at radius 1 is 1.32 bits per heavy atom. The van der Waals surface area contributed by atoms with Gasteiger partial charge in [-0.3, -0.25) is 5.10 Å². The van der Waals surface area contributed by atoms with Crippen molar-refractivity contribution < 1.29 is 5.11 Å². The summed E-state index contributed by atoms with van der Waals surface area (Å²) in [5, 5.41) is 20.0. The van der Waals surface area contributed by atoms with Crippen LogP contribution in [0, 0.1) is 0 Å². The van der Waals surface area contributed by atoms with Crippen molar-refractivity contribution in [3.05, 3.63) is 42.1 Å². The first-order valence-corrected chi connectivity index (χ1v) is 6.62. The molecule has 0 saturated carbocycles. The first kappa shape index (κ1) is 13.8. The van der Waals surface area contributed by atoms with Crippen LogP contribution in [0.4, 0.5) is 0 Å². The lowest BCUT2D eigenvalue weighted by Crippen LogP contribution is -2.44. The minimum atomic E-state index is -0.245. The van der Waals surface area contributed by atoms with Gasteiger partial charge in [-0.15, -0.1) is 0 Å². The maximum absolute atomic E-state index is 9.41. The predicted molar refractivity (Wildman–Crippen MR) is 76.6 cm³/mol. The Morgan fingerprint density at radius 2 is 2.05 bits per heavy atom. The van der Waals surface area contributed by atoms with Crippen LogP contribution in [0.2, 0.25) is 0 Å². The van der Waals surface area contributed by atoms with Gasteiger partial charge in [0.15, 0.2) is 0 Å². The van der Waals surface area contributed by atoms with Crippen LogP contribution in [-0.2, 0) is 6.54 Å². The van der Waals surface area contributed by atoms with Crippen LogP contribution in [0.5, 0.6) is 0 Å². The Labute approximate surface area is 113 Å². The average Bonchev–Trinajstić information content (AvgIpc) is 2.94. The number of aromatic amines is 1. The third-order valence-electron chi connectivity index (χ3n) is 3.62. The normalized spacial score (nSPS) is 14.3. The Bertz CT molecular complexity index is 503. The van der Waals surface area contributed by atoms with Gasteiger partial charge in [0.1, 0.15) is 0 Å². The number of rotatable bonds is 6. The number of nitrogens with zero attached hydrogens (tertiary/aromatic N) is 1. The summed E-state index contributed by atoms with van der Waals surface area (Å²) in [4.78, 5) is 0. The number of nitrogens with one attached hydrogen (secondary N) is 2. The predicted octanol–water partition coefficient (Wildman–Crippen LogP) is 2.33. The minimum Gasteiger partial charge on any atom is -0.394 e. The molecule has 0 spiro atoms. The highest BCUT2D eigenvalue weighted by Crippen LogP contribution is 2.21. The van der Waals surface area contributed by atoms with Crippen LogP contribution in [-0.4, -0.2) is 27.4 Å². The van der Waals surface area contributed by atoms with Gasteiger partial charge in [0.2, 0.25) is 0 Å². The van der Waals surface area contributed by atoms with Crippen LogP contribution >= 0.6 is 0 Å². The van der Waals surface area contributed by atoms with Crippen molar-refractivity contribution in [2.75, 3.05) is 6.61 Å². The standard InChI is InChI=1S/C15H21N3O/c1-3-15(2,11-19)16-9-13-10-17-18-14(13)12-7-5-4-6-8-12/h4-8,10,16,19H,3,9,11H2,1-2H3,(H,17,18). The molecule has 4 heteroatoms. The number of H-pyrrole nitrogens is 1. The van der Waals surface area contributed by atoms with Gasteiger partial charge in [-0.1, -0.05) is 37.3 Å². The third kappa shape index (κ3) is 3.22. The molecule has 3 N–H and O–H groups in total. The molecule has 1 atom stereocenters. The van der Waals surface area contributed by atoms with Crippen molar-refractivity contribution in [3.8, 4) is 11.3 Å². The van der Waals surface area contributed by atoms with Crippen LogP contribution in [0.15, 0.2) is 36.5 Å². The van der Waals surface area contributed by atoms with E-state index < -0.39 is 0 Å². The zero-order valence-electron chi connectivity index (χ0n) is 11.5. The van der Waals surface area contributed by atoms with Gasteiger partial charge in [0.05, 0.1) is 18.5 Å². The highest BCUT2D eigenvalue weighted by atomic mass is 16.3. The molecular weight excluding hydrogens is 238 g/mol. The summed E-state index contributed by atoms with van der Waals surface area (Å²) < 4.78 is 0. The van der Waals surface area contributed by atoms with Crippen molar-refractivity contribution in [1.82, 2.24) is 15.5 Å². The summed E-state index contributed by atoms with van der Waals surface area (Å²) in [7, 11) is 0. The van der Waals surface area contributed by atoms with E-state index in [1.54, 1.807) is 0 Å². The van der Waals surface area contributed by atoms with Crippen LogP contribution in [0.25, 0.3) is 11.3 Å². The number of hydrogen-bond donors (Lipinski definition) is 3. The molecule has 1 heterocycles. The van der Waals surface area contributed by atoms with Gasteiger partial charge in [-0.25, -0.2) is 0 Å². The molecule has 1 aromatic heterocycles. The highest BCUT2D eigenvalue weighted by Gasteiger charge is 2.20. The van der Waals surface area contributed by atoms with Crippen molar-refractivity contribution in [2.45, 2.75) is 32.4 Å². The van der Waals surface area contributed by atoms with Gasteiger partial charge in [0.25, 0.3) is 0 Å². The SMILES string of the molecule is CCC(C)(CO)NCc1cn[nH]c1-c1ccccc1. The van der Waals surface area contributed by atoms with E-state index in [0.717, 1.165) is 23.2 Å². The van der Waals surface area contributed by atoms with Crippen molar-refractivity contribution in [2.24, 2.45) is 0 Å². The average molecular weight is 259 g/mol. The summed E-state index contributed by atoms with van der Waals surface area (Å²) >= 11 is 0. The number of benzene rings is 1. The monoisotopic (exact) mass is 259 g/mol. The zero-order chi connectivity index (χ0) is 13.7. The van der Waals surface area contributed by atoms with E-state index in [1.807, 2.05) is 31.3 Å². The zero-order valence-corrected chi connectivity index (χ0v) is 11.5. The van der Waals surface area contributed by atoms with Crippen molar-refractivity contribution >= 4 is 0 Å². The maximum atomic E-state index is 9.41. The molecule has 0 aliphatic rings. The lowest BCUT2D eigenvalue weighted by atomic mass is 9.99. The fraction of sp³-hybridized carbons (Fsp3) is 0.400. The molecular formula is C15H21N3O. The lowest BCUT2D eigenvalue weighted by molar-refractivity contribution is 0.169. The molecule has 1 unspecified atom stereocenters. The Morgan fingerprint density at radius 3 is 2.68 bits per heavy atom. The number of aliphatic hydroxyl groups is 1. The lowest BCUT2D eigenvalue weighted by Gasteiger charge is -2.27. The summed E-state index contributed by atoms with van der Waals surface area (Å²) in [5.41, 5.74) is 3.02. The quantitative estimate of drug-likeness (QED) is 0.746. The van der Waals surface area contributed by atoms with Gasteiger partial charge < -0.3 is 10.4 Å². The van der Waals surface area contributed by atoms with E-state index in [0.29, 0.717) is 6.54 Å². The van der Waals surface area contributed by atoms with E-state index >= 15 is 0 Å². The minimum absolute atomic E-state index is 0.127. The molecule has 1 aromatic carbocycles. The highest BCUT2D eigenvalue weighted by molar-refractivity contribution is 5.62. The van der Waals surface area contributed by atoms with Gasteiger partial charge in [-0.05, 0) is 18.9 Å². The maximum Gasteiger partial charge on any atom is 0.0695 e. The molecule has 0 aliphatic heterocycles. The molecule has 19 heavy (non-hydrogen) atoms. The largest absolute Gasteiger partial charge is 0.394 e. The Balaban J connectivity index is 2.13. The topological polar surface area (TPSA) is 60.9 Å². The number of aliphatic hydroxyl groups excluding tert-OH is 1. The Kier molecular flexibility index (Phi) is 4.35. The van der Waals surface area contributed by atoms with E-state index in [2.05, 4.69) is 34.6 Å². The molecule has 0 radical (unpaired) electrons. The third-order valence-corrected chi connectivity index (χ3v) is 3.62. The van der Waals surface area contributed by atoms with E-state index in [-0.39, 0.29) is 12.1 Å². The summed E-state index contributed by atoms with van der Waals surface area (Å²) in [6.45, 7) is 4.90. The molecule has 0 saturated heterocycles. The van der Waals surface area contributed by atoms with Crippen LogP contribution < -0.4 is 5.32 Å². The summed E-state index contributed by atoms with van der Waals surface area (Å²) in [6, 6.07) is 10.1. The molecule has 2 rings (SSSR count). The molecule has 0 amide bonds. The van der Waals surface area contributed by atoms with Crippen LogP contribution in [0.1, 0.15) is 25.8 Å². The van der Waals surface area contributed by atoms with Crippen molar-refractivity contribution in [1.29, 1.82) is 0 Å². The summed E-state index contributed by atoms with van der Waals surface area (Å²) in [5.74, 6) is 0. The van der Waals surface area contributed by atoms with Gasteiger partial charge in [0, 0.05) is 17.6 Å². The first-order chi connectivity index (χ1) is 9.18. The smallest absolute Gasteiger partial charge is 0.0695 e. The summed E-state index contributed by atoms with van der Waals surface area (Å²) in [6.07, 6.45) is 2.71. The second-order valence-corrected chi connectivity index (χ2v) is 5.06. The molecule has 0 aliphatic carbocycles. The number of aromatic nitrogens is 2. The second kappa shape index (κ2) is 5.99. The Hall–Kier alpha value is -1.65. The van der Waals surface area contributed by atoms with E-state index in [9.17, 15) is 5.11 Å². The molecule has 2 aromatic rings. The second-order valence-electron chi connectivity index (χ2n) is 5.06. The van der Waals surface area contributed by atoms with E-state index in [4.69, 9.17) is 0 Å². The van der Waals surface area contributed by atoms with Crippen molar-refractivity contribution in [3.63, 3.8) is 0 Å². The molecule has 102 valence electrons. The molecule has 0 fully saturated rings. The fourth-order valence-corrected chi connectivity index (χ4v) is 1.90. The molecule has 4 nitrogen and oxygen atoms in total.